The van der Waals surface area contributed by atoms with Gasteiger partial charge in [-0.1, -0.05) is 0 Å². The molecule has 1 aliphatic rings. The van der Waals surface area contributed by atoms with Crippen LogP contribution >= 0.6 is 11.5 Å². The van der Waals surface area contributed by atoms with Crippen LogP contribution in [-0.4, -0.2) is 32.8 Å². The van der Waals surface area contributed by atoms with Gasteiger partial charge < -0.3 is 20.3 Å². The molecule has 0 atom stereocenters. The molecule has 0 bridgehead atoms. The Balaban J connectivity index is 1.63. The van der Waals surface area contributed by atoms with Crippen molar-refractivity contribution in [2.45, 2.75) is 25.3 Å². The summed E-state index contributed by atoms with van der Waals surface area (Å²) in [6, 6.07) is 4.45. The van der Waals surface area contributed by atoms with Gasteiger partial charge in [0.05, 0.1) is 0 Å². The fourth-order valence-electron chi connectivity index (χ4n) is 2.31. The van der Waals surface area contributed by atoms with E-state index < -0.39 is 0 Å². The smallest absolute Gasteiger partial charge is 0.202 e. The van der Waals surface area contributed by atoms with Crippen LogP contribution in [0.5, 0.6) is 11.5 Å². The maximum atomic E-state index is 9.72. The minimum absolute atomic E-state index is 0.129. The number of phenols is 2. The number of anilines is 1. The second-order valence-corrected chi connectivity index (χ2v) is 5.76. The van der Waals surface area contributed by atoms with Crippen LogP contribution in [0.4, 0.5) is 5.13 Å². The van der Waals surface area contributed by atoms with Crippen molar-refractivity contribution >= 4 is 16.7 Å². The number of phenolic OH excluding ortho intramolecular Hbond substituents is 2. The first-order valence-electron chi connectivity index (χ1n) is 6.88. The Morgan fingerprint density at radius 2 is 2.10 bits per heavy atom. The lowest BCUT2D eigenvalue weighted by molar-refractivity contribution is 0.0838. The van der Waals surface area contributed by atoms with Crippen molar-refractivity contribution in [2.24, 2.45) is 0 Å². The number of ether oxygens (including phenoxy) is 1. The zero-order valence-electron chi connectivity index (χ0n) is 11.5. The summed E-state index contributed by atoms with van der Waals surface area (Å²) in [5.74, 6) is 1.52. The second-order valence-electron chi connectivity index (χ2n) is 5.01. The van der Waals surface area contributed by atoms with E-state index in [4.69, 9.17) is 4.74 Å². The normalized spacial score (nSPS) is 16.0. The van der Waals surface area contributed by atoms with Gasteiger partial charge in [0.25, 0.3) is 0 Å². The lowest BCUT2D eigenvalue weighted by atomic mass is 10.00. The first-order chi connectivity index (χ1) is 10.2. The summed E-state index contributed by atoms with van der Waals surface area (Å²) in [6.45, 7) is 1.93. The van der Waals surface area contributed by atoms with Crippen molar-refractivity contribution in [1.82, 2.24) is 9.36 Å². The highest BCUT2D eigenvalue weighted by atomic mass is 32.1. The Kier molecular flexibility index (Phi) is 4.21. The van der Waals surface area contributed by atoms with Crippen LogP contribution in [0.1, 0.15) is 30.1 Å². The highest BCUT2D eigenvalue weighted by molar-refractivity contribution is 7.09. The van der Waals surface area contributed by atoms with Crippen LogP contribution < -0.4 is 5.32 Å². The molecule has 0 radical (unpaired) electrons. The molecule has 0 amide bonds. The number of hydrogen-bond acceptors (Lipinski definition) is 7. The molecule has 112 valence electrons. The summed E-state index contributed by atoms with van der Waals surface area (Å²) in [5.41, 5.74) is 0.623. The van der Waals surface area contributed by atoms with Gasteiger partial charge in [-0.25, -0.2) is 4.98 Å². The largest absolute Gasteiger partial charge is 0.508 e. The van der Waals surface area contributed by atoms with Gasteiger partial charge in [0.2, 0.25) is 5.13 Å². The van der Waals surface area contributed by atoms with Crippen molar-refractivity contribution in [3.8, 4) is 11.5 Å². The molecule has 3 N–H and O–H groups in total. The summed E-state index contributed by atoms with van der Waals surface area (Å²) < 4.78 is 9.73. The Morgan fingerprint density at radius 3 is 2.90 bits per heavy atom. The fourth-order valence-corrected chi connectivity index (χ4v) is 2.95. The van der Waals surface area contributed by atoms with Gasteiger partial charge in [-0.2, -0.15) is 4.37 Å². The molecular formula is C14H17N3O3S. The third-order valence-corrected chi connectivity index (χ3v) is 4.21. The van der Waals surface area contributed by atoms with Crippen molar-refractivity contribution in [2.75, 3.05) is 18.5 Å². The molecule has 6 nitrogen and oxygen atoms in total. The lowest BCUT2D eigenvalue weighted by Gasteiger charge is -2.18. The maximum Gasteiger partial charge on any atom is 0.202 e. The fraction of sp³-hybridized carbons (Fsp3) is 0.429. The van der Waals surface area contributed by atoms with E-state index in [9.17, 15) is 10.2 Å². The predicted octanol–water partition coefficient (Wildman–Crippen LogP) is 2.46. The van der Waals surface area contributed by atoms with E-state index in [-0.39, 0.29) is 11.5 Å². The summed E-state index contributed by atoms with van der Waals surface area (Å²) in [4.78, 5) is 4.50. The van der Waals surface area contributed by atoms with E-state index in [0.717, 1.165) is 37.0 Å². The molecule has 2 aromatic rings. The third-order valence-electron chi connectivity index (χ3n) is 3.52. The van der Waals surface area contributed by atoms with Gasteiger partial charge in [-0.05, 0) is 31.0 Å². The number of nitrogens with one attached hydrogen (secondary N) is 1. The molecule has 0 unspecified atom stereocenters. The molecule has 21 heavy (non-hydrogen) atoms. The summed E-state index contributed by atoms with van der Waals surface area (Å²) in [6.07, 6.45) is 1.92. The Hall–Kier alpha value is -1.86. The van der Waals surface area contributed by atoms with Crippen molar-refractivity contribution in [3.63, 3.8) is 0 Å². The lowest BCUT2D eigenvalue weighted by Crippen LogP contribution is -2.15. The molecule has 1 aromatic heterocycles. The zero-order chi connectivity index (χ0) is 14.7. The second kappa shape index (κ2) is 6.28. The molecule has 0 saturated carbocycles. The quantitative estimate of drug-likeness (QED) is 0.752. The van der Waals surface area contributed by atoms with E-state index in [2.05, 4.69) is 14.7 Å². The standard InChI is InChI=1S/C14H17N3O3S/c18-11-1-2-12(19)10(7-11)8-15-14-16-13(17-21-14)9-3-5-20-6-4-9/h1-2,7,9,18-19H,3-6,8H2,(H,15,16,17). The Bertz CT molecular complexity index is 611. The van der Waals surface area contributed by atoms with Crippen LogP contribution in [0.25, 0.3) is 0 Å². The molecule has 1 fully saturated rings. The Labute approximate surface area is 126 Å². The van der Waals surface area contributed by atoms with Gasteiger partial charge in [0.15, 0.2) is 0 Å². The van der Waals surface area contributed by atoms with E-state index in [1.165, 1.54) is 29.7 Å². The number of benzene rings is 1. The van der Waals surface area contributed by atoms with Crippen LogP contribution in [0.2, 0.25) is 0 Å². The number of rotatable bonds is 4. The van der Waals surface area contributed by atoms with Gasteiger partial charge in [-0.3, -0.25) is 0 Å². The summed E-state index contributed by atoms with van der Waals surface area (Å²) in [5, 5.41) is 23.0. The van der Waals surface area contributed by atoms with E-state index in [1.807, 2.05) is 0 Å². The van der Waals surface area contributed by atoms with Crippen molar-refractivity contribution < 1.29 is 14.9 Å². The molecule has 1 aromatic carbocycles. The highest BCUT2D eigenvalue weighted by Gasteiger charge is 2.20. The average molecular weight is 307 g/mol. The molecule has 7 heteroatoms. The molecular weight excluding hydrogens is 290 g/mol. The van der Waals surface area contributed by atoms with Gasteiger partial charge >= 0.3 is 0 Å². The molecule has 0 aliphatic carbocycles. The average Bonchev–Trinajstić information content (AvgIpc) is 2.98. The molecule has 3 rings (SSSR count). The van der Waals surface area contributed by atoms with Crippen molar-refractivity contribution in [1.29, 1.82) is 0 Å². The van der Waals surface area contributed by atoms with Gasteiger partial charge in [0, 0.05) is 42.8 Å². The zero-order valence-corrected chi connectivity index (χ0v) is 12.3. The van der Waals surface area contributed by atoms with Crippen LogP contribution in [0, 0.1) is 0 Å². The van der Waals surface area contributed by atoms with Crippen LogP contribution in [-0.2, 0) is 11.3 Å². The maximum absolute atomic E-state index is 9.72. The summed E-state index contributed by atoms with van der Waals surface area (Å²) >= 11 is 1.32. The van der Waals surface area contributed by atoms with E-state index >= 15 is 0 Å². The molecule has 1 saturated heterocycles. The number of aromatic nitrogens is 2. The SMILES string of the molecule is Oc1ccc(O)c(CNc2nc(C3CCOCC3)ns2)c1. The molecule has 0 spiro atoms. The Morgan fingerprint density at radius 1 is 1.29 bits per heavy atom. The topological polar surface area (TPSA) is 87.5 Å². The predicted molar refractivity (Wildman–Crippen MR) is 79.8 cm³/mol. The number of aromatic hydroxyl groups is 2. The minimum atomic E-state index is 0.129. The van der Waals surface area contributed by atoms with Gasteiger partial charge in [0.1, 0.15) is 17.3 Å². The number of hydrogen-bond donors (Lipinski definition) is 3. The third kappa shape index (κ3) is 3.43. The van der Waals surface area contributed by atoms with Crippen LogP contribution in [0.3, 0.4) is 0 Å². The van der Waals surface area contributed by atoms with E-state index in [0.29, 0.717) is 18.0 Å². The summed E-state index contributed by atoms with van der Waals surface area (Å²) in [7, 11) is 0. The minimum Gasteiger partial charge on any atom is -0.508 e. The van der Waals surface area contributed by atoms with Gasteiger partial charge in [-0.15, -0.1) is 0 Å². The first kappa shape index (κ1) is 14.1. The molecule has 1 aliphatic heterocycles. The molecule has 2 heterocycles. The highest BCUT2D eigenvalue weighted by Crippen LogP contribution is 2.28. The van der Waals surface area contributed by atoms with Crippen LogP contribution in [0.15, 0.2) is 18.2 Å². The monoisotopic (exact) mass is 307 g/mol. The number of nitrogens with zero attached hydrogens (tertiary/aromatic N) is 2. The van der Waals surface area contributed by atoms with Crippen molar-refractivity contribution in [3.05, 3.63) is 29.6 Å². The first-order valence-corrected chi connectivity index (χ1v) is 7.66. The van der Waals surface area contributed by atoms with E-state index in [1.54, 1.807) is 0 Å².